The maximum atomic E-state index is 13.0. The molecule has 1 aromatic heterocycles. The van der Waals surface area contributed by atoms with Crippen molar-refractivity contribution in [1.29, 1.82) is 0 Å². The Morgan fingerprint density at radius 3 is 2.76 bits per heavy atom. The molecule has 2 atom stereocenters. The molecule has 0 saturated carbocycles. The van der Waals surface area contributed by atoms with Crippen LogP contribution in [0.5, 0.6) is 0 Å². The molecule has 6 heteroatoms. The smallest absolute Gasteiger partial charge is 0.252 e. The zero-order valence-electron chi connectivity index (χ0n) is 17.2. The Balaban J connectivity index is 1.42. The minimum atomic E-state index is 0.0995. The van der Waals surface area contributed by atoms with Crippen LogP contribution in [0.15, 0.2) is 48.3 Å². The summed E-state index contributed by atoms with van der Waals surface area (Å²) in [7, 11) is 4.69. The average molecular weight is 406 g/mol. The van der Waals surface area contributed by atoms with Gasteiger partial charge in [0.05, 0.1) is 11.3 Å². The summed E-state index contributed by atoms with van der Waals surface area (Å²) < 4.78 is 1.85. The van der Waals surface area contributed by atoms with Crippen LogP contribution in [0.3, 0.4) is 0 Å². The number of likely N-dealkylation sites (tertiary alicyclic amines) is 1. The Labute approximate surface area is 173 Å². The molecule has 5 rings (SSSR count). The highest BCUT2D eigenvalue weighted by atomic mass is 31.1. The number of allylic oxidation sites excluding steroid dienone is 2. The van der Waals surface area contributed by atoms with Crippen molar-refractivity contribution in [2.45, 2.75) is 25.5 Å². The molecule has 1 aromatic carbocycles. The average Bonchev–Trinajstić information content (AvgIpc) is 3.09. The number of piperidine rings is 1. The van der Waals surface area contributed by atoms with Crippen molar-refractivity contribution in [3.05, 3.63) is 59.5 Å². The van der Waals surface area contributed by atoms with Gasteiger partial charge in [-0.25, -0.2) is 0 Å². The van der Waals surface area contributed by atoms with Crippen molar-refractivity contribution in [2.75, 3.05) is 20.1 Å². The van der Waals surface area contributed by atoms with Crippen molar-refractivity contribution in [3.63, 3.8) is 0 Å². The minimum absolute atomic E-state index is 0.0995. The highest BCUT2D eigenvalue weighted by Crippen LogP contribution is 2.46. The van der Waals surface area contributed by atoms with Crippen molar-refractivity contribution in [2.24, 2.45) is 13.0 Å². The second kappa shape index (κ2) is 7.23. The Bertz CT molecular complexity index is 1070. The van der Waals surface area contributed by atoms with Crippen molar-refractivity contribution >= 4 is 30.7 Å². The fourth-order valence-corrected chi connectivity index (χ4v) is 6.00. The zero-order valence-corrected chi connectivity index (χ0v) is 18.2. The van der Waals surface area contributed by atoms with Gasteiger partial charge in [0.15, 0.2) is 0 Å². The molecular formula is C23H27N4OP. The number of benzene rings is 1. The van der Waals surface area contributed by atoms with Gasteiger partial charge in [0.2, 0.25) is 0 Å². The molecule has 0 bridgehead atoms. The summed E-state index contributed by atoms with van der Waals surface area (Å²) in [6.07, 6.45) is 12.9. The molecule has 0 N–H and O–H groups in total. The van der Waals surface area contributed by atoms with E-state index in [9.17, 15) is 4.79 Å². The molecule has 0 aliphatic carbocycles. The van der Waals surface area contributed by atoms with Gasteiger partial charge in [0.25, 0.3) is 5.91 Å². The number of fused-ring (bicyclic) bond motifs is 2. The SMILES string of the molecule is Cc1cc(C2=CC(=O)N3C=C(C4CCN(C)CC4)C=CC3P2)cc2cn(C)nc12. The molecule has 0 radical (unpaired) electrons. The lowest BCUT2D eigenvalue weighted by atomic mass is 9.88. The summed E-state index contributed by atoms with van der Waals surface area (Å²) in [5, 5.41) is 6.81. The molecule has 2 aromatic rings. The van der Waals surface area contributed by atoms with E-state index in [0.717, 1.165) is 40.4 Å². The maximum Gasteiger partial charge on any atom is 0.252 e. The van der Waals surface area contributed by atoms with E-state index in [1.54, 1.807) is 0 Å². The van der Waals surface area contributed by atoms with E-state index in [-0.39, 0.29) is 11.7 Å². The summed E-state index contributed by atoms with van der Waals surface area (Å²) in [6.45, 7) is 4.36. The van der Waals surface area contributed by atoms with Crippen LogP contribution in [-0.2, 0) is 11.8 Å². The summed E-state index contributed by atoms with van der Waals surface area (Å²) in [5.41, 5.74) is 4.65. The summed E-state index contributed by atoms with van der Waals surface area (Å²) in [5.74, 6) is 0.811. The summed E-state index contributed by atoms with van der Waals surface area (Å²) >= 11 is 0. The highest BCUT2D eigenvalue weighted by Gasteiger charge is 2.30. The first kappa shape index (κ1) is 18.8. The first-order valence-electron chi connectivity index (χ1n) is 10.3. The van der Waals surface area contributed by atoms with Crippen LogP contribution in [0, 0.1) is 12.8 Å². The molecule has 29 heavy (non-hydrogen) atoms. The molecule has 3 aliphatic rings. The van der Waals surface area contributed by atoms with Crippen LogP contribution in [0.1, 0.15) is 24.0 Å². The molecule has 150 valence electrons. The van der Waals surface area contributed by atoms with Gasteiger partial charge < -0.3 is 9.80 Å². The number of aromatic nitrogens is 2. The van der Waals surface area contributed by atoms with E-state index in [2.05, 4.69) is 54.5 Å². The monoisotopic (exact) mass is 406 g/mol. The Hall–Kier alpha value is -2.23. The molecule has 3 aliphatic heterocycles. The van der Waals surface area contributed by atoms with Crippen LogP contribution >= 0.6 is 8.58 Å². The van der Waals surface area contributed by atoms with Gasteiger partial charge in [-0.3, -0.25) is 9.48 Å². The lowest BCUT2D eigenvalue weighted by Crippen LogP contribution is -2.37. The predicted octanol–water partition coefficient (Wildman–Crippen LogP) is 3.86. The standard InChI is InChI=1S/C23H27N4OP/c1-15-10-18(11-19-13-26(3)24-23(15)19)20-12-21(28)27-14-17(4-5-22(27)29-20)16-6-8-25(2)9-7-16/h4-5,10-14,16,22,29H,6-9H2,1-3H3. The minimum Gasteiger partial charge on any atom is -0.306 e. The normalized spacial score (nSPS) is 24.2. The Morgan fingerprint density at radius 2 is 1.97 bits per heavy atom. The predicted molar refractivity (Wildman–Crippen MR) is 120 cm³/mol. The van der Waals surface area contributed by atoms with Crippen LogP contribution in [-0.4, -0.2) is 51.4 Å². The molecule has 1 fully saturated rings. The van der Waals surface area contributed by atoms with Crippen LogP contribution in [0.25, 0.3) is 16.2 Å². The Morgan fingerprint density at radius 1 is 1.17 bits per heavy atom. The van der Waals surface area contributed by atoms with E-state index in [1.165, 1.54) is 18.4 Å². The van der Waals surface area contributed by atoms with Crippen LogP contribution < -0.4 is 0 Å². The van der Waals surface area contributed by atoms with Crippen molar-refractivity contribution in [3.8, 4) is 0 Å². The van der Waals surface area contributed by atoms with E-state index in [1.807, 2.05) is 28.9 Å². The lowest BCUT2D eigenvalue weighted by molar-refractivity contribution is -0.123. The largest absolute Gasteiger partial charge is 0.306 e. The lowest BCUT2D eigenvalue weighted by Gasteiger charge is -2.37. The van der Waals surface area contributed by atoms with E-state index in [4.69, 9.17) is 0 Å². The fourth-order valence-electron chi connectivity index (χ4n) is 4.63. The maximum absolute atomic E-state index is 13.0. The number of carbonyl (C=O) groups is 1. The first-order valence-corrected chi connectivity index (χ1v) is 11.4. The van der Waals surface area contributed by atoms with E-state index >= 15 is 0 Å². The zero-order chi connectivity index (χ0) is 20.1. The number of rotatable bonds is 2. The van der Waals surface area contributed by atoms with Crippen LogP contribution in [0.4, 0.5) is 0 Å². The summed E-state index contributed by atoms with van der Waals surface area (Å²) in [4.78, 5) is 17.3. The number of hydrogen-bond donors (Lipinski definition) is 0. The van der Waals surface area contributed by atoms with Gasteiger partial charge in [-0.05, 0) is 80.0 Å². The third-order valence-electron chi connectivity index (χ3n) is 6.30. The van der Waals surface area contributed by atoms with Gasteiger partial charge >= 0.3 is 0 Å². The number of aryl methyl sites for hydroxylation is 2. The molecule has 1 saturated heterocycles. The van der Waals surface area contributed by atoms with Gasteiger partial charge in [-0.15, -0.1) is 0 Å². The van der Waals surface area contributed by atoms with Gasteiger partial charge in [-0.1, -0.05) is 20.7 Å². The third-order valence-corrected chi connectivity index (χ3v) is 7.81. The quantitative estimate of drug-likeness (QED) is 0.711. The van der Waals surface area contributed by atoms with Gasteiger partial charge in [0, 0.05) is 30.9 Å². The number of carbonyl (C=O) groups excluding carboxylic acids is 1. The second-order valence-corrected chi connectivity index (χ2v) is 9.91. The Kier molecular flexibility index (Phi) is 4.68. The molecular weight excluding hydrogens is 379 g/mol. The van der Waals surface area contributed by atoms with Crippen molar-refractivity contribution in [1.82, 2.24) is 19.6 Å². The third kappa shape index (κ3) is 3.47. The number of nitrogens with zero attached hydrogens (tertiary/aromatic N) is 4. The fraction of sp³-hybridized carbons (Fsp3) is 0.391. The number of hydrogen-bond acceptors (Lipinski definition) is 3. The van der Waals surface area contributed by atoms with Gasteiger partial charge in [-0.2, -0.15) is 5.10 Å². The molecule has 4 heterocycles. The molecule has 5 nitrogen and oxygen atoms in total. The van der Waals surface area contributed by atoms with E-state index < -0.39 is 0 Å². The molecule has 2 unspecified atom stereocenters. The van der Waals surface area contributed by atoms with Gasteiger partial charge in [0.1, 0.15) is 0 Å². The molecule has 1 amide bonds. The molecule has 0 spiro atoms. The highest BCUT2D eigenvalue weighted by molar-refractivity contribution is 7.51. The van der Waals surface area contributed by atoms with Crippen LogP contribution in [0.2, 0.25) is 0 Å². The summed E-state index contributed by atoms with van der Waals surface area (Å²) in [6, 6.07) is 4.34. The van der Waals surface area contributed by atoms with E-state index in [0.29, 0.717) is 14.5 Å². The first-order chi connectivity index (χ1) is 14.0. The topological polar surface area (TPSA) is 41.4 Å². The number of amides is 1. The van der Waals surface area contributed by atoms with Crippen molar-refractivity contribution < 1.29 is 4.79 Å². The second-order valence-electron chi connectivity index (χ2n) is 8.49.